The zero-order chi connectivity index (χ0) is 9.38. The summed E-state index contributed by atoms with van der Waals surface area (Å²) in [5.74, 6) is 2.06. The predicted octanol–water partition coefficient (Wildman–Crippen LogP) is 2.48. The molecule has 0 radical (unpaired) electrons. The van der Waals surface area contributed by atoms with E-state index in [0.717, 1.165) is 24.4 Å². The van der Waals surface area contributed by atoms with E-state index in [1.807, 2.05) is 12.1 Å². The van der Waals surface area contributed by atoms with Crippen molar-refractivity contribution in [3.63, 3.8) is 0 Å². The van der Waals surface area contributed by atoms with E-state index in [2.05, 4.69) is 15.7 Å². The summed E-state index contributed by atoms with van der Waals surface area (Å²) in [6.07, 6.45) is 7.40. The maximum atomic E-state index is 5.32. The second-order valence-electron chi connectivity index (χ2n) is 3.67. The number of aromatic nitrogens is 2. The number of fused-ring (bicyclic) bond motifs is 1. The molecule has 0 aromatic carbocycles. The Bertz CT molecular complexity index is 405. The SMILES string of the molecule is c1coc(-c2cn3c(n2)CCCC3)c1. The Morgan fingerprint density at radius 1 is 1.36 bits per heavy atom. The lowest BCUT2D eigenvalue weighted by Gasteiger charge is -2.11. The van der Waals surface area contributed by atoms with Gasteiger partial charge in [0.15, 0.2) is 5.76 Å². The molecule has 72 valence electrons. The Morgan fingerprint density at radius 3 is 3.14 bits per heavy atom. The van der Waals surface area contributed by atoms with Crippen molar-refractivity contribution in [2.75, 3.05) is 0 Å². The van der Waals surface area contributed by atoms with Crippen LogP contribution in [0.5, 0.6) is 0 Å². The van der Waals surface area contributed by atoms with Crippen LogP contribution in [-0.2, 0) is 13.0 Å². The highest BCUT2D eigenvalue weighted by atomic mass is 16.3. The molecule has 0 spiro atoms. The Hall–Kier alpha value is -1.51. The highest BCUT2D eigenvalue weighted by Crippen LogP contribution is 2.22. The standard InChI is InChI=1S/C11H12N2O/c1-2-6-13-8-9(12-11(13)5-1)10-4-3-7-14-10/h3-4,7-8H,1-2,5-6H2. The molecule has 0 atom stereocenters. The van der Waals surface area contributed by atoms with Gasteiger partial charge >= 0.3 is 0 Å². The molecule has 0 bridgehead atoms. The summed E-state index contributed by atoms with van der Waals surface area (Å²) in [7, 11) is 0. The van der Waals surface area contributed by atoms with Crippen molar-refractivity contribution in [1.29, 1.82) is 0 Å². The zero-order valence-electron chi connectivity index (χ0n) is 7.94. The zero-order valence-corrected chi connectivity index (χ0v) is 7.94. The van der Waals surface area contributed by atoms with Gasteiger partial charge in [-0.15, -0.1) is 0 Å². The molecule has 2 aromatic heterocycles. The topological polar surface area (TPSA) is 31.0 Å². The fraction of sp³-hybridized carbons (Fsp3) is 0.364. The third-order valence-corrected chi connectivity index (χ3v) is 2.68. The van der Waals surface area contributed by atoms with Gasteiger partial charge in [-0.3, -0.25) is 0 Å². The van der Waals surface area contributed by atoms with E-state index in [9.17, 15) is 0 Å². The third kappa shape index (κ3) is 1.16. The normalized spacial score (nSPS) is 15.4. The van der Waals surface area contributed by atoms with E-state index >= 15 is 0 Å². The minimum atomic E-state index is 0.868. The van der Waals surface area contributed by atoms with Crippen molar-refractivity contribution in [1.82, 2.24) is 9.55 Å². The number of imidazole rings is 1. The van der Waals surface area contributed by atoms with E-state index in [1.165, 1.54) is 18.7 Å². The number of hydrogen-bond donors (Lipinski definition) is 0. The van der Waals surface area contributed by atoms with E-state index in [1.54, 1.807) is 6.26 Å². The first kappa shape index (κ1) is 7.85. The summed E-state index contributed by atoms with van der Waals surface area (Å²) in [5, 5.41) is 0. The summed E-state index contributed by atoms with van der Waals surface area (Å²) in [4.78, 5) is 4.56. The second kappa shape index (κ2) is 3.01. The molecule has 0 saturated heterocycles. The lowest BCUT2D eigenvalue weighted by Crippen LogP contribution is -2.08. The molecule has 0 unspecified atom stereocenters. The minimum absolute atomic E-state index is 0.868. The first-order valence-electron chi connectivity index (χ1n) is 5.03. The average molecular weight is 188 g/mol. The van der Waals surface area contributed by atoms with Crippen LogP contribution in [0, 0.1) is 0 Å². The maximum absolute atomic E-state index is 5.32. The van der Waals surface area contributed by atoms with Crippen LogP contribution in [0.3, 0.4) is 0 Å². The largest absolute Gasteiger partial charge is 0.463 e. The molecule has 1 aliphatic rings. The molecule has 3 heterocycles. The van der Waals surface area contributed by atoms with Gasteiger partial charge in [-0.25, -0.2) is 4.98 Å². The molecule has 0 aliphatic carbocycles. The molecule has 3 heteroatoms. The van der Waals surface area contributed by atoms with Gasteiger partial charge in [0.05, 0.1) is 6.26 Å². The highest BCUT2D eigenvalue weighted by molar-refractivity contribution is 5.51. The first-order chi connectivity index (χ1) is 6.93. The number of rotatable bonds is 1. The summed E-state index contributed by atoms with van der Waals surface area (Å²) < 4.78 is 7.56. The molecule has 0 amide bonds. The molecule has 3 nitrogen and oxygen atoms in total. The fourth-order valence-corrected chi connectivity index (χ4v) is 1.96. The van der Waals surface area contributed by atoms with Crippen molar-refractivity contribution in [3.05, 3.63) is 30.4 Å². The Kier molecular flexibility index (Phi) is 1.69. The van der Waals surface area contributed by atoms with Gasteiger partial charge < -0.3 is 8.98 Å². The molecule has 0 saturated carbocycles. The number of nitrogens with zero attached hydrogens (tertiary/aromatic N) is 2. The summed E-state index contributed by atoms with van der Waals surface area (Å²) in [6.45, 7) is 1.10. The summed E-state index contributed by atoms with van der Waals surface area (Å²) in [5.41, 5.74) is 0.965. The van der Waals surface area contributed by atoms with E-state index in [0.29, 0.717) is 0 Å². The molecular weight excluding hydrogens is 176 g/mol. The van der Waals surface area contributed by atoms with Gasteiger partial charge in [-0.2, -0.15) is 0 Å². The van der Waals surface area contributed by atoms with Gasteiger partial charge in [-0.05, 0) is 25.0 Å². The lowest BCUT2D eigenvalue weighted by molar-refractivity contribution is 0.522. The van der Waals surface area contributed by atoms with Crippen LogP contribution in [0.25, 0.3) is 11.5 Å². The van der Waals surface area contributed by atoms with Crippen LogP contribution in [0.15, 0.2) is 29.0 Å². The van der Waals surface area contributed by atoms with Crippen LogP contribution in [0.4, 0.5) is 0 Å². The molecule has 0 fully saturated rings. The number of aryl methyl sites for hydroxylation is 2. The Morgan fingerprint density at radius 2 is 2.36 bits per heavy atom. The quantitative estimate of drug-likeness (QED) is 0.688. The summed E-state index contributed by atoms with van der Waals surface area (Å²) in [6, 6.07) is 3.85. The van der Waals surface area contributed by atoms with E-state index in [4.69, 9.17) is 4.42 Å². The molecule has 2 aromatic rings. The van der Waals surface area contributed by atoms with Gasteiger partial charge in [-0.1, -0.05) is 0 Å². The van der Waals surface area contributed by atoms with Crippen molar-refractivity contribution in [3.8, 4) is 11.5 Å². The third-order valence-electron chi connectivity index (χ3n) is 2.68. The maximum Gasteiger partial charge on any atom is 0.153 e. The fourth-order valence-electron chi connectivity index (χ4n) is 1.96. The van der Waals surface area contributed by atoms with Crippen molar-refractivity contribution < 1.29 is 4.42 Å². The van der Waals surface area contributed by atoms with Crippen LogP contribution in [-0.4, -0.2) is 9.55 Å². The molecule has 1 aliphatic heterocycles. The van der Waals surface area contributed by atoms with Crippen molar-refractivity contribution in [2.24, 2.45) is 0 Å². The van der Waals surface area contributed by atoms with Gasteiger partial charge in [0.1, 0.15) is 11.5 Å². The van der Waals surface area contributed by atoms with Crippen LogP contribution < -0.4 is 0 Å². The van der Waals surface area contributed by atoms with Gasteiger partial charge in [0, 0.05) is 19.2 Å². The lowest BCUT2D eigenvalue weighted by atomic mass is 10.2. The van der Waals surface area contributed by atoms with Crippen LogP contribution in [0.2, 0.25) is 0 Å². The molecule has 0 N–H and O–H groups in total. The summed E-state index contributed by atoms with van der Waals surface area (Å²) >= 11 is 0. The highest BCUT2D eigenvalue weighted by Gasteiger charge is 2.13. The van der Waals surface area contributed by atoms with Crippen molar-refractivity contribution >= 4 is 0 Å². The number of furan rings is 1. The molecule has 3 rings (SSSR count). The average Bonchev–Trinajstić information content (AvgIpc) is 2.86. The van der Waals surface area contributed by atoms with Gasteiger partial charge in [0.2, 0.25) is 0 Å². The van der Waals surface area contributed by atoms with Crippen molar-refractivity contribution in [2.45, 2.75) is 25.8 Å². The smallest absolute Gasteiger partial charge is 0.153 e. The molecule has 14 heavy (non-hydrogen) atoms. The predicted molar refractivity (Wildman–Crippen MR) is 52.9 cm³/mol. The first-order valence-corrected chi connectivity index (χ1v) is 5.03. The van der Waals surface area contributed by atoms with E-state index < -0.39 is 0 Å². The van der Waals surface area contributed by atoms with E-state index in [-0.39, 0.29) is 0 Å². The van der Waals surface area contributed by atoms with Crippen LogP contribution in [0.1, 0.15) is 18.7 Å². The Labute approximate surface area is 82.4 Å². The minimum Gasteiger partial charge on any atom is -0.463 e. The van der Waals surface area contributed by atoms with Gasteiger partial charge in [0.25, 0.3) is 0 Å². The van der Waals surface area contributed by atoms with Crippen LogP contribution >= 0.6 is 0 Å². The Balaban J connectivity index is 2.04. The molecular formula is C11H12N2O. The monoisotopic (exact) mass is 188 g/mol. The number of hydrogen-bond acceptors (Lipinski definition) is 2. The second-order valence-corrected chi connectivity index (χ2v) is 3.67.